The van der Waals surface area contributed by atoms with Gasteiger partial charge in [0.25, 0.3) is 0 Å². The van der Waals surface area contributed by atoms with E-state index in [1.54, 1.807) is 6.26 Å². The van der Waals surface area contributed by atoms with Crippen LogP contribution in [0.2, 0.25) is 0 Å². The van der Waals surface area contributed by atoms with Gasteiger partial charge in [-0.15, -0.1) is 0 Å². The summed E-state index contributed by atoms with van der Waals surface area (Å²) in [6.45, 7) is 1.89. The van der Waals surface area contributed by atoms with Crippen molar-refractivity contribution in [2.75, 3.05) is 0 Å². The lowest BCUT2D eigenvalue weighted by Crippen LogP contribution is -1.82. The summed E-state index contributed by atoms with van der Waals surface area (Å²) in [6.07, 6.45) is 1.68. The summed E-state index contributed by atoms with van der Waals surface area (Å²) in [5.74, 6) is 1.27. The van der Waals surface area contributed by atoms with Crippen LogP contribution >= 0.6 is 0 Å². The zero-order valence-corrected chi connectivity index (χ0v) is 7.52. The number of aromatic nitrogens is 2. The van der Waals surface area contributed by atoms with E-state index in [1.165, 1.54) is 0 Å². The lowest BCUT2D eigenvalue weighted by atomic mass is 10.3. The molecule has 0 aromatic carbocycles. The largest absolute Gasteiger partial charge is 0.461 e. The van der Waals surface area contributed by atoms with Gasteiger partial charge in [-0.3, -0.25) is 0 Å². The predicted octanol–water partition coefficient (Wildman–Crippen LogP) is 1.70. The van der Waals surface area contributed by atoms with Crippen LogP contribution in [0.4, 0.5) is 0 Å². The minimum absolute atomic E-state index is 0.118. The first-order valence-corrected chi connectivity index (χ1v) is 4.05. The van der Waals surface area contributed by atoms with Crippen molar-refractivity contribution in [3.05, 3.63) is 23.8 Å². The first-order chi connectivity index (χ1) is 6.81. The van der Waals surface area contributed by atoms with Gasteiger partial charge in [-0.1, -0.05) is 5.16 Å². The highest BCUT2D eigenvalue weighted by molar-refractivity contribution is 5.50. The summed E-state index contributed by atoms with van der Waals surface area (Å²) < 4.78 is 10.0. The van der Waals surface area contributed by atoms with Crippen LogP contribution in [0, 0.1) is 18.3 Å². The van der Waals surface area contributed by atoms with Crippen molar-refractivity contribution < 1.29 is 8.94 Å². The van der Waals surface area contributed by atoms with Crippen LogP contribution < -0.4 is 0 Å². The van der Waals surface area contributed by atoms with Gasteiger partial charge in [0, 0.05) is 0 Å². The van der Waals surface area contributed by atoms with Gasteiger partial charge in [0.1, 0.15) is 6.42 Å². The Balaban J connectivity index is 2.35. The van der Waals surface area contributed by atoms with E-state index in [9.17, 15) is 0 Å². The maximum absolute atomic E-state index is 8.41. The number of aryl methyl sites for hydroxylation is 1. The maximum atomic E-state index is 8.41. The van der Waals surface area contributed by atoms with Crippen molar-refractivity contribution in [3.63, 3.8) is 0 Å². The number of rotatable bonds is 2. The molecule has 0 saturated heterocycles. The van der Waals surface area contributed by atoms with E-state index in [2.05, 4.69) is 10.1 Å². The monoisotopic (exact) mass is 189 g/mol. The smallest absolute Gasteiger partial charge is 0.241 e. The van der Waals surface area contributed by atoms with Crippen molar-refractivity contribution in [3.8, 4) is 17.7 Å². The van der Waals surface area contributed by atoms with E-state index in [0.717, 1.165) is 5.56 Å². The number of nitrogens with zero attached hydrogens (tertiary/aromatic N) is 3. The molecule has 0 saturated carbocycles. The topological polar surface area (TPSA) is 75.8 Å². The van der Waals surface area contributed by atoms with Crippen LogP contribution in [0.25, 0.3) is 11.6 Å². The van der Waals surface area contributed by atoms with Gasteiger partial charge in [0.05, 0.1) is 12.3 Å². The van der Waals surface area contributed by atoms with Crippen LogP contribution in [0.3, 0.4) is 0 Å². The third-order valence-corrected chi connectivity index (χ3v) is 1.76. The molecular weight excluding hydrogens is 182 g/mol. The predicted molar refractivity (Wildman–Crippen MR) is 46.1 cm³/mol. The number of nitriles is 1. The molecule has 2 heterocycles. The summed E-state index contributed by atoms with van der Waals surface area (Å²) in [5.41, 5.74) is 0.939. The average Bonchev–Trinajstić information content (AvgIpc) is 2.74. The summed E-state index contributed by atoms with van der Waals surface area (Å²) >= 11 is 0. The Morgan fingerprint density at radius 2 is 2.43 bits per heavy atom. The molecule has 14 heavy (non-hydrogen) atoms. The zero-order valence-electron chi connectivity index (χ0n) is 7.52. The Hall–Kier alpha value is -2.09. The second-order valence-corrected chi connectivity index (χ2v) is 2.78. The molecule has 0 fully saturated rings. The lowest BCUT2D eigenvalue weighted by molar-refractivity contribution is 0.386. The summed E-state index contributed by atoms with van der Waals surface area (Å²) in [7, 11) is 0. The number of hydrogen-bond acceptors (Lipinski definition) is 5. The molecule has 0 aliphatic heterocycles. The van der Waals surface area contributed by atoms with Crippen molar-refractivity contribution in [2.24, 2.45) is 0 Å². The quantitative estimate of drug-likeness (QED) is 0.718. The van der Waals surface area contributed by atoms with Gasteiger partial charge < -0.3 is 8.94 Å². The Morgan fingerprint density at radius 3 is 3.07 bits per heavy atom. The van der Waals surface area contributed by atoms with Gasteiger partial charge in [0.2, 0.25) is 11.7 Å². The SMILES string of the molecule is Cc1ccoc1-c1noc(CC#N)n1. The minimum atomic E-state index is 0.118. The van der Waals surface area contributed by atoms with Gasteiger partial charge in [-0.25, -0.2) is 0 Å². The molecule has 0 amide bonds. The van der Waals surface area contributed by atoms with E-state index >= 15 is 0 Å². The molecular formula is C9H7N3O2. The van der Waals surface area contributed by atoms with Crippen LogP contribution in [-0.4, -0.2) is 10.1 Å². The molecule has 0 aliphatic carbocycles. The van der Waals surface area contributed by atoms with Crippen LogP contribution in [0.15, 0.2) is 21.3 Å². The highest BCUT2D eigenvalue weighted by Gasteiger charge is 2.12. The molecule has 2 rings (SSSR count). The Morgan fingerprint density at radius 1 is 1.57 bits per heavy atom. The standard InChI is InChI=1S/C9H7N3O2/c1-6-3-5-13-8(6)9-11-7(2-4-10)14-12-9/h3,5H,2H2,1H3. The molecule has 70 valence electrons. The van der Waals surface area contributed by atoms with Crippen molar-refractivity contribution in [1.29, 1.82) is 5.26 Å². The van der Waals surface area contributed by atoms with Crippen LogP contribution in [0.1, 0.15) is 11.5 Å². The van der Waals surface area contributed by atoms with E-state index in [0.29, 0.717) is 17.5 Å². The second-order valence-electron chi connectivity index (χ2n) is 2.78. The minimum Gasteiger partial charge on any atom is -0.461 e. The second kappa shape index (κ2) is 3.34. The zero-order chi connectivity index (χ0) is 9.97. The molecule has 5 heteroatoms. The fourth-order valence-electron chi connectivity index (χ4n) is 1.09. The third kappa shape index (κ3) is 1.38. The molecule has 0 aliphatic rings. The van der Waals surface area contributed by atoms with E-state index in [1.807, 2.05) is 19.1 Å². The summed E-state index contributed by atoms with van der Waals surface area (Å²) in [6, 6.07) is 3.75. The highest BCUT2D eigenvalue weighted by atomic mass is 16.5. The molecule has 0 atom stereocenters. The van der Waals surface area contributed by atoms with Crippen LogP contribution in [-0.2, 0) is 6.42 Å². The molecule has 0 spiro atoms. The molecule has 0 radical (unpaired) electrons. The molecule has 2 aromatic heterocycles. The molecule has 5 nitrogen and oxygen atoms in total. The molecule has 0 N–H and O–H groups in total. The fourth-order valence-corrected chi connectivity index (χ4v) is 1.09. The summed E-state index contributed by atoms with van der Waals surface area (Å²) in [5, 5.41) is 12.1. The molecule has 0 unspecified atom stereocenters. The van der Waals surface area contributed by atoms with Gasteiger partial charge in [0.15, 0.2) is 5.76 Å². The Labute approximate surface area is 80.0 Å². The Bertz CT molecular complexity index is 478. The highest BCUT2D eigenvalue weighted by Crippen LogP contribution is 2.20. The Kier molecular flexibility index (Phi) is 2.03. The van der Waals surface area contributed by atoms with Crippen LogP contribution in [0.5, 0.6) is 0 Å². The first kappa shape index (κ1) is 8.51. The van der Waals surface area contributed by atoms with Gasteiger partial charge in [-0.05, 0) is 18.6 Å². The third-order valence-electron chi connectivity index (χ3n) is 1.76. The van der Waals surface area contributed by atoms with E-state index < -0.39 is 0 Å². The lowest BCUT2D eigenvalue weighted by Gasteiger charge is -1.87. The van der Waals surface area contributed by atoms with Crippen molar-refractivity contribution >= 4 is 0 Å². The number of furan rings is 1. The van der Waals surface area contributed by atoms with Crippen molar-refractivity contribution in [1.82, 2.24) is 10.1 Å². The average molecular weight is 189 g/mol. The van der Waals surface area contributed by atoms with E-state index in [-0.39, 0.29) is 6.42 Å². The van der Waals surface area contributed by atoms with Crippen molar-refractivity contribution in [2.45, 2.75) is 13.3 Å². The maximum Gasteiger partial charge on any atom is 0.241 e. The summed E-state index contributed by atoms with van der Waals surface area (Å²) in [4.78, 5) is 4.01. The molecule has 0 bridgehead atoms. The fraction of sp³-hybridized carbons (Fsp3) is 0.222. The number of hydrogen-bond donors (Lipinski definition) is 0. The normalized spacial score (nSPS) is 10.0. The van der Waals surface area contributed by atoms with Gasteiger partial charge >= 0.3 is 0 Å². The van der Waals surface area contributed by atoms with Gasteiger partial charge in [-0.2, -0.15) is 10.2 Å². The first-order valence-electron chi connectivity index (χ1n) is 4.05. The molecule has 2 aromatic rings. The van der Waals surface area contributed by atoms with E-state index in [4.69, 9.17) is 14.2 Å².